The van der Waals surface area contributed by atoms with Crippen molar-refractivity contribution < 1.29 is 13.3 Å². The topological polar surface area (TPSA) is 89.3 Å². The van der Waals surface area contributed by atoms with Crippen molar-refractivity contribution in [1.82, 2.24) is 4.72 Å². The van der Waals surface area contributed by atoms with Crippen LogP contribution in [0.25, 0.3) is 0 Å². The summed E-state index contributed by atoms with van der Waals surface area (Å²) < 4.78 is 27.9. The molecule has 2 aromatic carbocycles. The van der Waals surface area contributed by atoms with E-state index in [2.05, 4.69) is 4.72 Å². The van der Waals surface area contributed by atoms with Crippen LogP contribution in [0.2, 0.25) is 0 Å². The van der Waals surface area contributed by atoms with Gasteiger partial charge in [-0.15, -0.1) is 0 Å². The van der Waals surface area contributed by atoms with E-state index in [0.29, 0.717) is 11.5 Å². The van der Waals surface area contributed by atoms with Crippen LogP contribution in [0.4, 0.5) is 5.69 Å². The Hall–Kier alpha value is -2.25. The maximum atomic E-state index is 12.6. The van der Waals surface area contributed by atoms with Gasteiger partial charge in [0.05, 0.1) is 10.7 Å². The van der Waals surface area contributed by atoms with Gasteiger partial charge < -0.3 is 0 Å². The van der Waals surface area contributed by atoms with Crippen LogP contribution < -0.4 is 4.72 Å². The van der Waals surface area contributed by atoms with Gasteiger partial charge in [0.25, 0.3) is 5.69 Å². The van der Waals surface area contributed by atoms with Gasteiger partial charge in [-0.05, 0) is 36.8 Å². The Morgan fingerprint density at radius 1 is 1.12 bits per heavy atom. The molecule has 1 aliphatic rings. The van der Waals surface area contributed by atoms with Crippen molar-refractivity contribution >= 4 is 15.7 Å². The van der Waals surface area contributed by atoms with Crippen LogP contribution in [-0.2, 0) is 15.8 Å². The molecule has 1 aliphatic carbocycles. The Labute approximate surface area is 147 Å². The first kappa shape index (κ1) is 17.6. The molecule has 1 atom stereocenters. The van der Waals surface area contributed by atoms with Gasteiger partial charge in [-0.1, -0.05) is 42.0 Å². The van der Waals surface area contributed by atoms with Crippen molar-refractivity contribution in [3.63, 3.8) is 0 Å². The average Bonchev–Trinajstić information content (AvgIpc) is 3.38. The molecule has 6 nitrogen and oxygen atoms in total. The van der Waals surface area contributed by atoms with E-state index < -0.39 is 14.9 Å². The largest absolute Gasteiger partial charge is 0.269 e. The van der Waals surface area contributed by atoms with E-state index in [1.54, 1.807) is 0 Å². The molecular formula is C18H20N2O4S. The Bertz CT molecular complexity index is 857. The summed E-state index contributed by atoms with van der Waals surface area (Å²) in [6.07, 6.45) is 2.02. The summed E-state index contributed by atoms with van der Waals surface area (Å²) in [5.74, 6) is 0.134. The average molecular weight is 360 g/mol. The molecule has 0 bridgehead atoms. The van der Waals surface area contributed by atoms with Crippen LogP contribution in [-0.4, -0.2) is 13.3 Å². The van der Waals surface area contributed by atoms with Crippen molar-refractivity contribution in [3.8, 4) is 0 Å². The molecule has 2 aromatic rings. The maximum Gasteiger partial charge on any atom is 0.269 e. The van der Waals surface area contributed by atoms with Crippen LogP contribution in [0, 0.1) is 23.0 Å². The van der Waals surface area contributed by atoms with Gasteiger partial charge in [0.2, 0.25) is 10.0 Å². The molecule has 0 heterocycles. The Morgan fingerprint density at radius 3 is 2.24 bits per heavy atom. The molecule has 25 heavy (non-hydrogen) atoms. The highest BCUT2D eigenvalue weighted by Gasteiger charge is 2.35. The second kappa shape index (κ2) is 6.93. The number of nitro benzene ring substituents is 1. The molecular weight excluding hydrogens is 340 g/mol. The number of nitrogens with zero attached hydrogens (tertiary/aromatic N) is 1. The molecule has 0 saturated heterocycles. The lowest BCUT2D eigenvalue weighted by molar-refractivity contribution is -0.384. The summed E-state index contributed by atoms with van der Waals surface area (Å²) in [5, 5.41) is 10.7. The van der Waals surface area contributed by atoms with E-state index in [-0.39, 0.29) is 17.5 Å². The molecule has 0 amide bonds. The molecule has 0 aliphatic heterocycles. The monoisotopic (exact) mass is 360 g/mol. The highest BCUT2D eigenvalue weighted by atomic mass is 32.2. The van der Waals surface area contributed by atoms with Gasteiger partial charge in [-0.2, -0.15) is 0 Å². The number of nitro groups is 1. The summed E-state index contributed by atoms with van der Waals surface area (Å²) in [6, 6.07) is 13.3. The highest BCUT2D eigenvalue weighted by Crippen LogP contribution is 2.41. The van der Waals surface area contributed by atoms with E-state index >= 15 is 0 Å². The smallest absolute Gasteiger partial charge is 0.258 e. The molecule has 0 spiro atoms. The lowest BCUT2D eigenvalue weighted by Crippen LogP contribution is -2.31. The number of sulfonamides is 1. The van der Waals surface area contributed by atoms with E-state index in [1.165, 1.54) is 24.3 Å². The summed E-state index contributed by atoms with van der Waals surface area (Å²) in [5.41, 5.74) is 2.58. The lowest BCUT2D eigenvalue weighted by Gasteiger charge is -2.19. The minimum absolute atomic E-state index is 0.0513. The number of nitrogens with one attached hydrogen (secondary N) is 1. The fraction of sp³-hybridized carbons (Fsp3) is 0.333. The molecule has 1 N–H and O–H groups in total. The van der Waals surface area contributed by atoms with E-state index in [0.717, 1.165) is 24.0 Å². The summed E-state index contributed by atoms with van der Waals surface area (Å²) >= 11 is 0. The van der Waals surface area contributed by atoms with E-state index in [4.69, 9.17) is 0 Å². The number of hydrogen-bond donors (Lipinski definition) is 1. The summed E-state index contributed by atoms with van der Waals surface area (Å²) in [6.45, 7) is 1.99. The van der Waals surface area contributed by atoms with Crippen LogP contribution in [0.1, 0.15) is 35.6 Å². The third kappa shape index (κ3) is 4.64. The molecule has 0 aromatic heterocycles. The standard InChI is InChI=1S/C18H20N2O4S/c1-13-2-6-15(7-3-13)18(16-8-9-16)19-25(23,24)12-14-4-10-17(11-5-14)20(21)22/h2-7,10-11,16,18-19H,8-9,12H2,1H3. The Kier molecular flexibility index (Phi) is 4.87. The third-order valence-electron chi connectivity index (χ3n) is 4.34. The minimum Gasteiger partial charge on any atom is -0.258 e. The zero-order valence-corrected chi connectivity index (χ0v) is 14.7. The normalized spacial score (nSPS) is 15.7. The number of aryl methyl sites for hydroxylation is 1. The van der Waals surface area contributed by atoms with Crippen molar-refractivity contribution in [2.24, 2.45) is 5.92 Å². The van der Waals surface area contributed by atoms with Gasteiger partial charge in [0.1, 0.15) is 0 Å². The lowest BCUT2D eigenvalue weighted by atomic mass is 10.0. The van der Waals surface area contributed by atoms with Crippen molar-refractivity contribution in [2.45, 2.75) is 31.6 Å². The summed E-state index contributed by atoms with van der Waals surface area (Å²) in [7, 11) is -3.55. The van der Waals surface area contributed by atoms with Gasteiger partial charge in [-0.25, -0.2) is 13.1 Å². The number of non-ortho nitro benzene ring substituents is 1. The molecule has 1 saturated carbocycles. The van der Waals surface area contributed by atoms with Crippen LogP contribution >= 0.6 is 0 Å². The van der Waals surface area contributed by atoms with Gasteiger partial charge in [0, 0.05) is 18.2 Å². The van der Waals surface area contributed by atoms with Gasteiger partial charge in [-0.3, -0.25) is 10.1 Å². The number of benzene rings is 2. The molecule has 7 heteroatoms. The highest BCUT2D eigenvalue weighted by molar-refractivity contribution is 7.88. The van der Waals surface area contributed by atoms with Crippen molar-refractivity contribution in [2.75, 3.05) is 0 Å². The Morgan fingerprint density at radius 2 is 1.72 bits per heavy atom. The van der Waals surface area contributed by atoms with E-state index in [9.17, 15) is 18.5 Å². The predicted octanol–water partition coefficient (Wildman–Crippen LogP) is 3.47. The fourth-order valence-electron chi connectivity index (χ4n) is 2.81. The molecule has 132 valence electrons. The number of rotatable bonds is 7. The first-order chi connectivity index (χ1) is 11.8. The van der Waals surface area contributed by atoms with Crippen molar-refractivity contribution in [1.29, 1.82) is 0 Å². The van der Waals surface area contributed by atoms with Crippen LogP contribution in [0.5, 0.6) is 0 Å². The van der Waals surface area contributed by atoms with Crippen LogP contribution in [0.15, 0.2) is 48.5 Å². The molecule has 1 fully saturated rings. The zero-order valence-electron chi connectivity index (χ0n) is 13.9. The minimum atomic E-state index is -3.55. The maximum absolute atomic E-state index is 12.6. The molecule has 3 rings (SSSR count). The molecule has 1 unspecified atom stereocenters. The third-order valence-corrected chi connectivity index (χ3v) is 5.67. The number of hydrogen-bond acceptors (Lipinski definition) is 4. The first-order valence-electron chi connectivity index (χ1n) is 8.14. The van der Waals surface area contributed by atoms with Crippen molar-refractivity contribution in [3.05, 3.63) is 75.3 Å². The van der Waals surface area contributed by atoms with Gasteiger partial charge in [0.15, 0.2) is 0 Å². The SMILES string of the molecule is Cc1ccc(C(NS(=O)(=O)Cc2ccc([N+](=O)[O-])cc2)C2CC2)cc1. The second-order valence-corrected chi connectivity index (χ2v) is 8.28. The quantitative estimate of drug-likeness (QED) is 0.605. The zero-order chi connectivity index (χ0) is 18.0. The predicted molar refractivity (Wildman–Crippen MR) is 95.5 cm³/mol. The van der Waals surface area contributed by atoms with E-state index in [1.807, 2.05) is 31.2 Å². The summed E-state index contributed by atoms with van der Waals surface area (Å²) in [4.78, 5) is 10.2. The fourth-order valence-corrected chi connectivity index (χ4v) is 4.24. The molecule has 0 radical (unpaired) electrons. The van der Waals surface area contributed by atoms with Crippen LogP contribution in [0.3, 0.4) is 0 Å². The Balaban J connectivity index is 1.74. The first-order valence-corrected chi connectivity index (χ1v) is 9.79. The van der Waals surface area contributed by atoms with Gasteiger partial charge >= 0.3 is 0 Å². The second-order valence-electron chi connectivity index (χ2n) is 6.53.